The first-order valence-corrected chi connectivity index (χ1v) is 13.7. The number of aromatic nitrogens is 1. The van der Waals surface area contributed by atoms with E-state index in [0.29, 0.717) is 18.5 Å². The van der Waals surface area contributed by atoms with Crippen molar-refractivity contribution < 1.29 is 7.54 Å². The second-order valence-corrected chi connectivity index (χ2v) is 9.62. The molecule has 1 fully saturated rings. The standard InChI is InChI=1S/C31H46N2O/c1-2-3-4-5-6-7-8-9-10-11-12-13-14-15-16-23-31(34)33-24-19-20-28(33)25-27-26-32-30-22-18-17-21-29(27)30/h6-7,9-10,17-18,21-22,26,28,32H,2-5,8,11-16,19-20,23-25H2,1H3/b7-6-,10-9-/t28-/m1/s1/i25D2. The third-order valence-corrected chi connectivity index (χ3v) is 6.83. The van der Waals surface area contributed by atoms with Crippen molar-refractivity contribution >= 4 is 16.8 Å². The number of nitrogens with zero attached hydrogens (tertiary/aromatic N) is 1. The molecule has 0 radical (unpaired) electrons. The fourth-order valence-electron chi connectivity index (χ4n) is 4.82. The minimum absolute atomic E-state index is 0.117. The third kappa shape index (κ3) is 8.81. The van der Waals surface area contributed by atoms with Crippen LogP contribution in [0.1, 0.15) is 105 Å². The van der Waals surface area contributed by atoms with Gasteiger partial charge in [0, 0.05) is 38.8 Å². The Hall–Kier alpha value is -2.29. The van der Waals surface area contributed by atoms with Gasteiger partial charge in [0.05, 0.1) is 0 Å². The second kappa shape index (κ2) is 15.6. The Labute approximate surface area is 210 Å². The third-order valence-electron chi connectivity index (χ3n) is 6.83. The van der Waals surface area contributed by atoms with Crippen LogP contribution in [-0.4, -0.2) is 28.4 Å². The lowest BCUT2D eigenvalue weighted by molar-refractivity contribution is -0.132. The number of H-pyrrole nitrogens is 1. The number of fused-ring (bicyclic) bond motifs is 1. The van der Waals surface area contributed by atoms with Gasteiger partial charge >= 0.3 is 0 Å². The molecule has 1 atom stereocenters. The van der Waals surface area contributed by atoms with Gasteiger partial charge in [-0.05, 0) is 69.4 Å². The van der Waals surface area contributed by atoms with Crippen molar-refractivity contribution in [2.24, 2.45) is 0 Å². The summed E-state index contributed by atoms with van der Waals surface area (Å²) in [7, 11) is 0. The molecule has 3 nitrogen and oxygen atoms in total. The van der Waals surface area contributed by atoms with E-state index in [1.165, 1.54) is 38.5 Å². The number of hydrogen-bond donors (Lipinski definition) is 1. The summed E-state index contributed by atoms with van der Waals surface area (Å²) < 4.78 is 17.9. The molecule has 2 aromatic rings. The molecule has 0 saturated carbocycles. The van der Waals surface area contributed by atoms with Crippen LogP contribution in [0, 0.1) is 0 Å². The molecule has 1 amide bonds. The second-order valence-electron chi connectivity index (χ2n) is 9.62. The van der Waals surface area contributed by atoms with Crippen LogP contribution >= 0.6 is 0 Å². The Morgan fingerprint density at radius 1 is 1.03 bits per heavy atom. The molecule has 0 spiro atoms. The number of rotatable bonds is 16. The van der Waals surface area contributed by atoms with Crippen LogP contribution in [0.4, 0.5) is 0 Å². The summed E-state index contributed by atoms with van der Waals surface area (Å²) in [6, 6.07) is 7.44. The topological polar surface area (TPSA) is 36.1 Å². The van der Waals surface area contributed by atoms with Crippen LogP contribution in [0.5, 0.6) is 0 Å². The maximum atomic E-state index is 13.0. The van der Waals surface area contributed by atoms with Gasteiger partial charge in [0.2, 0.25) is 5.91 Å². The number of carbonyl (C=O) groups excluding carboxylic acids is 1. The maximum Gasteiger partial charge on any atom is 0.222 e. The summed E-state index contributed by atoms with van der Waals surface area (Å²) in [5.41, 5.74) is 1.61. The summed E-state index contributed by atoms with van der Waals surface area (Å²) >= 11 is 0. The van der Waals surface area contributed by atoms with Gasteiger partial charge in [-0.1, -0.05) is 81.5 Å². The van der Waals surface area contributed by atoms with Crippen LogP contribution in [0.25, 0.3) is 10.9 Å². The van der Waals surface area contributed by atoms with E-state index in [2.05, 4.69) is 36.2 Å². The molecule has 0 aliphatic carbocycles. The van der Waals surface area contributed by atoms with Crippen molar-refractivity contribution in [2.45, 2.75) is 109 Å². The smallest absolute Gasteiger partial charge is 0.222 e. The number of likely N-dealkylation sites (tertiary alicyclic amines) is 1. The first-order chi connectivity index (χ1) is 17.6. The predicted octanol–water partition coefficient (Wildman–Crippen LogP) is 8.51. The van der Waals surface area contributed by atoms with E-state index in [4.69, 9.17) is 2.74 Å². The van der Waals surface area contributed by atoms with Gasteiger partial charge in [-0.25, -0.2) is 0 Å². The van der Waals surface area contributed by atoms with Crippen molar-refractivity contribution in [3.8, 4) is 0 Å². The predicted molar refractivity (Wildman–Crippen MR) is 146 cm³/mol. The van der Waals surface area contributed by atoms with Gasteiger partial charge in [0.1, 0.15) is 0 Å². The number of amides is 1. The van der Waals surface area contributed by atoms with Gasteiger partial charge in [-0.3, -0.25) is 4.79 Å². The van der Waals surface area contributed by atoms with Crippen LogP contribution in [0.2, 0.25) is 0 Å². The summed E-state index contributed by atoms with van der Waals surface area (Å²) in [5.74, 6) is 0.117. The number of nitrogens with one attached hydrogen (secondary N) is 1. The minimum Gasteiger partial charge on any atom is -0.361 e. The van der Waals surface area contributed by atoms with E-state index >= 15 is 0 Å². The Morgan fingerprint density at radius 3 is 2.59 bits per heavy atom. The van der Waals surface area contributed by atoms with Gasteiger partial charge < -0.3 is 9.88 Å². The molecule has 1 saturated heterocycles. The molecular weight excluding hydrogens is 416 g/mol. The Bertz CT molecular complexity index is 978. The van der Waals surface area contributed by atoms with Crippen molar-refractivity contribution in [3.63, 3.8) is 0 Å². The largest absolute Gasteiger partial charge is 0.361 e. The quantitative estimate of drug-likeness (QED) is 0.196. The molecule has 1 aliphatic heterocycles. The lowest BCUT2D eigenvalue weighted by atomic mass is 10.0. The zero-order valence-electron chi connectivity index (χ0n) is 23.2. The number of para-hydroxylation sites is 1. The highest BCUT2D eigenvalue weighted by Gasteiger charge is 2.28. The molecule has 3 heteroatoms. The number of benzene rings is 1. The van der Waals surface area contributed by atoms with Gasteiger partial charge in [0.25, 0.3) is 0 Å². The van der Waals surface area contributed by atoms with Gasteiger partial charge in [-0.2, -0.15) is 0 Å². The zero-order chi connectivity index (χ0) is 25.6. The zero-order valence-corrected chi connectivity index (χ0v) is 21.2. The highest BCUT2D eigenvalue weighted by atomic mass is 16.2. The highest BCUT2D eigenvalue weighted by molar-refractivity contribution is 5.83. The van der Waals surface area contributed by atoms with Crippen LogP contribution in [-0.2, 0) is 11.2 Å². The van der Waals surface area contributed by atoms with E-state index < -0.39 is 6.37 Å². The number of hydrogen-bond acceptors (Lipinski definition) is 1. The van der Waals surface area contributed by atoms with Crippen molar-refractivity contribution in [1.29, 1.82) is 0 Å². The molecule has 1 N–H and O–H groups in total. The lowest BCUT2D eigenvalue weighted by Crippen LogP contribution is -2.36. The summed E-state index contributed by atoms with van der Waals surface area (Å²) in [5, 5.41) is 0.913. The number of allylic oxidation sites excluding steroid dienone is 4. The normalized spacial score (nSPS) is 17.8. The number of aromatic amines is 1. The molecular formula is C31H46N2O. The Balaban J connectivity index is 1.32. The average Bonchev–Trinajstić information content (AvgIpc) is 3.55. The fourth-order valence-corrected chi connectivity index (χ4v) is 4.82. The number of unbranched alkanes of at least 4 members (excludes halogenated alkanes) is 8. The lowest BCUT2D eigenvalue weighted by Gasteiger charge is -2.25. The first kappa shape index (κ1) is 23.5. The maximum absolute atomic E-state index is 13.0. The van der Waals surface area contributed by atoms with E-state index in [9.17, 15) is 4.79 Å². The monoisotopic (exact) mass is 464 g/mol. The average molecular weight is 465 g/mol. The van der Waals surface area contributed by atoms with E-state index in [1.54, 1.807) is 6.20 Å². The number of carbonyl (C=O) groups is 1. The van der Waals surface area contributed by atoms with Gasteiger partial charge in [0.15, 0.2) is 0 Å². The summed E-state index contributed by atoms with van der Waals surface area (Å²) in [6.07, 6.45) is 24.4. The minimum atomic E-state index is -1.57. The van der Waals surface area contributed by atoms with Gasteiger partial charge in [-0.15, -0.1) is 0 Å². The molecule has 186 valence electrons. The fraction of sp³-hybridized carbons (Fsp3) is 0.581. The molecule has 0 bridgehead atoms. The molecule has 34 heavy (non-hydrogen) atoms. The van der Waals surface area contributed by atoms with Crippen molar-refractivity contribution in [1.82, 2.24) is 9.88 Å². The molecule has 1 aromatic carbocycles. The van der Waals surface area contributed by atoms with Crippen LogP contribution in [0.3, 0.4) is 0 Å². The molecule has 0 unspecified atom stereocenters. The highest BCUT2D eigenvalue weighted by Crippen LogP contribution is 2.26. The summed E-state index contributed by atoms with van der Waals surface area (Å²) in [4.78, 5) is 18.0. The molecule has 3 rings (SSSR count). The Kier molecular flexibility index (Phi) is 10.7. The van der Waals surface area contributed by atoms with Crippen LogP contribution < -0.4 is 0 Å². The first-order valence-electron chi connectivity index (χ1n) is 14.7. The van der Waals surface area contributed by atoms with E-state index in [-0.39, 0.29) is 11.9 Å². The van der Waals surface area contributed by atoms with Crippen molar-refractivity contribution in [2.75, 3.05) is 6.54 Å². The van der Waals surface area contributed by atoms with Crippen molar-refractivity contribution in [3.05, 3.63) is 60.3 Å². The van der Waals surface area contributed by atoms with Crippen LogP contribution in [0.15, 0.2) is 54.8 Å². The SMILES string of the molecule is [2H]C([2H])(c1c[nH]c2ccccc12)[C@H]1CCCN1C(=O)CCCCCCC/C=C\C/C=C\CCCCC. The van der Waals surface area contributed by atoms with E-state index in [0.717, 1.165) is 55.8 Å². The molecule has 1 aliphatic rings. The molecule has 1 aromatic heterocycles. The summed E-state index contributed by atoms with van der Waals surface area (Å²) in [6.45, 7) is 2.91. The molecule has 2 heterocycles. The van der Waals surface area contributed by atoms with E-state index in [1.807, 2.05) is 29.2 Å². The Morgan fingerprint density at radius 2 is 1.76 bits per heavy atom.